The molecule has 1 rings (SSSR count). The van der Waals surface area contributed by atoms with E-state index in [2.05, 4.69) is 6.58 Å². The Morgan fingerprint density at radius 1 is 1.78 bits per heavy atom. The molecule has 0 radical (unpaired) electrons. The second-order valence-corrected chi connectivity index (χ2v) is 1.84. The molecule has 0 bridgehead atoms. The number of allylic oxidation sites excluding steroid dienone is 2. The van der Waals surface area contributed by atoms with E-state index in [-0.39, 0.29) is 0 Å². The lowest BCUT2D eigenvalue weighted by Crippen LogP contribution is -1.84. The van der Waals surface area contributed by atoms with Gasteiger partial charge in [-0.15, -0.1) is 6.58 Å². The summed E-state index contributed by atoms with van der Waals surface area (Å²) in [6.07, 6.45) is 5.38. The van der Waals surface area contributed by atoms with E-state index in [4.69, 9.17) is 9.47 Å². The second kappa shape index (κ2) is 3.17. The van der Waals surface area contributed by atoms with Crippen LogP contribution in [0.3, 0.4) is 0 Å². The van der Waals surface area contributed by atoms with E-state index in [9.17, 15) is 0 Å². The smallest absolute Gasteiger partial charge is 0.229 e. The number of hydrogen-bond acceptors (Lipinski definition) is 2. The van der Waals surface area contributed by atoms with Crippen molar-refractivity contribution in [3.05, 3.63) is 24.7 Å². The maximum Gasteiger partial charge on any atom is 0.229 e. The molecule has 1 heterocycles. The molecule has 0 spiro atoms. The average Bonchev–Trinajstić information content (AvgIpc) is 2.34. The molecule has 0 N–H and O–H groups in total. The van der Waals surface area contributed by atoms with Gasteiger partial charge < -0.3 is 9.47 Å². The minimum absolute atomic E-state index is 0.381. The fourth-order valence-electron chi connectivity index (χ4n) is 0.646. The quantitative estimate of drug-likeness (QED) is 0.537. The fourth-order valence-corrected chi connectivity index (χ4v) is 0.646. The van der Waals surface area contributed by atoms with Gasteiger partial charge in [-0.25, -0.2) is 0 Å². The zero-order chi connectivity index (χ0) is 6.53. The normalized spacial score (nSPS) is 15.8. The van der Waals surface area contributed by atoms with Gasteiger partial charge in [0, 0.05) is 6.42 Å². The minimum atomic E-state index is 0.381. The van der Waals surface area contributed by atoms with E-state index in [1.807, 2.05) is 6.08 Å². The molecule has 2 nitrogen and oxygen atoms in total. The predicted molar refractivity (Wildman–Crippen MR) is 34.6 cm³/mol. The molecular weight excluding hydrogens is 116 g/mol. The van der Waals surface area contributed by atoms with Crippen molar-refractivity contribution in [2.45, 2.75) is 12.8 Å². The molecule has 50 valence electrons. The largest absolute Gasteiger partial charge is 0.462 e. The molecule has 0 aromatic heterocycles. The highest BCUT2D eigenvalue weighted by molar-refractivity contribution is 4.91. The highest BCUT2D eigenvalue weighted by Crippen LogP contribution is 2.12. The SMILES string of the molecule is C=CCCC1=COCO1. The van der Waals surface area contributed by atoms with Crippen molar-refractivity contribution < 1.29 is 9.47 Å². The third-order valence-corrected chi connectivity index (χ3v) is 1.12. The van der Waals surface area contributed by atoms with Gasteiger partial charge in [0.2, 0.25) is 6.79 Å². The highest BCUT2D eigenvalue weighted by atomic mass is 16.7. The first-order chi connectivity index (χ1) is 4.43. The van der Waals surface area contributed by atoms with Crippen LogP contribution in [0.4, 0.5) is 0 Å². The zero-order valence-electron chi connectivity index (χ0n) is 5.30. The van der Waals surface area contributed by atoms with Crippen molar-refractivity contribution in [3.63, 3.8) is 0 Å². The lowest BCUT2D eigenvalue weighted by Gasteiger charge is -1.95. The van der Waals surface area contributed by atoms with Crippen LogP contribution in [0, 0.1) is 0 Å². The molecule has 1 aliphatic rings. The Kier molecular flexibility index (Phi) is 2.19. The minimum Gasteiger partial charge on any atom is -0.462 e. The van der Waals surface area contributed by atoms with Gasteiger partial charge in [-0.2, -0.15) is 0 Å². The lowest BCUT2D eigenvalue weighted by molar-refractivity contribution is 0.0780. The summed E-state index contributed by atoms with van der Waals surface area (Å²) >= 11 is 0. The van der Waals surface area contributed by atoms with Crippen LogP contribution < -0.4 is 0 Å². The molecule has 0 aromatic carbocycles. The summed E-state index contributed by atoms with van der Waals surface area (Å²) in [6.45, 7) is 3.98. The zero-order valence-corrected chi connectivity index (χ0v) is 5.30. The van der Waals surface area contributed by atoms with Crippen LogP contribution in [0.5, 0.6) is 0 Å². The van der Waals surface area contributed by atoms with Crippen molar-refractivity contribution in [1.29, 1.82) is 0 Å². The second-order valence-electron chi connectivity index (χ2n) is 1.84. The number of ether oxygens (including phenoxy) is 2. The highest BCUT2D eigenvalue weighted by Gasteiger charge is 2.02. The first kappa shape index (κ1) is 6.20. The topological polar surface area (TPSA) is 18.5 Å². The molecular formula is C7H10O2. The molecule has 0 saturated carbocycles. The Labute approximate surface area is 54.8 Å². The van der Waals surface area contributed by atoms with Crippen LogP contribution in [-0.2, 0) is 9.47 Å². The summed E-state index contributed by atoms with van der Waals surface area (Å²) in [7, 11) is 0. The molecule has 9 heavy (non-hydrogen) atoms. The third kappa shape index (κ3) is 1.80. The number of rotatable bonds is 3. The summed E-state index contributed by atoms with van der Waals surface area (Å²) in [4.78, 5) is 0. The monoisotopic (exact) mass is 126 g/mol. The van der Waals surface area contributed by atoms with Crippen molar-refractivity contribution in [2.24, 2.45) is 0 Å². The average molecular weight is 126 g/mol. The summed E-state index contributed by atoms with van der Waals surface area (Å²) in [5, 5.41) is 0. The Hall–Kier alpha value is -0.920. The molecule has 1 aliphatic heterocycles. The number of hydrogen-bond donors (Lipinski definition) is 0. The van der Waals surface area contributed by atoms with Gasteiger partial charge in [0.1, 0.15) is 12.0 Å². The van der Waals surface area contributed by atoms with Crippen LogP contribution in [0.25, 0.3) is 0 Å². The van der Waals surface area contributed by atoms with Crippen LogP contribution in [-0.4, -0.2) is 6.79 Å². The molecule has 0 amide bonds. The van der Waals surface area contributed by atoms with Crippen molar-refractivity contribution in [1.82, 2.24) is 0 Å². The summed E-state index contributed by atoms with van der Waals surface area (Å²) in [5.41, 5.74) is 0. The fraction of sp³-hybridized carbons (Fsp3) is 0.429. The molecule has 0 fully saturated rings. The van der Waals surface area contributed by atoms with E-state index in [0.717, 1.165) is 18.6 Å². The van der Waals surface area contributed by atoms with Crippen LogP contribution in [0.2, 0.25) is 0 Å². The van der Waals surface area contributed by atoms with Crippen LogP contribution in [0.15, 0.2) is 24.7 Å². The maximum atomic E-state index is 5.05. The lowest BCUT2D eigenvalue weighted by atomic mass is 10.3. The van der Waals surface area contributed by atoms with Crippen molar-refractivity contribution >= 4 is 0 Å². The van der Waals surface area contributed by atoms with Gasteiger partial charge in [-0.1, -0.05) is 6.08 Å². The maximum absolute atomic E-state index is 5.05. The predicted octanol–water partition coefficient (Wildman–Crippen LogP) is 1.80. The van der Waals surface area contributed by atoms with Gasteiger partial charge in [0.05, 0.1) is 0 Å². The molecule has 0 unspecified atom stereocenters. The third-order valence-electron chi connectivity index (χ3n) is 1.12. The van der Waals surface area contributed by atoms with E-state index >= 15 is 0 Å². The Morgan fingerprint density at radius 2 is 2.67 bits per heavy atom. The first-order valence-corrected chi connectivity index (χ1v) is 2.98. The standard InChI is InChI=1S/C7H10O2/c1-2-3-4-7-5-8-6-9-7/h2,5H,1,3-4,6H2. The van der Waals surface area contributed by atoms with E-state index in [1.54, 1.807) is 6.26 Å². The van der Waals surface area contributed by atoms with E-state index in [1.165, 1.54) is 0 Å². The van der Waals surface area contributed by atoms with Crippen LogP contribution in [0.1, 0.15) is 12.8 Å². The van der Waals surface area contributed by atoms with E-state index in [0.29, 0.717) is 6.79 Å². The molecule has 2 heteroatoms. The summed E-state index contributed by atoms with van der Waals surface area (Å²) in [6, 6.07) is 0. The molecule has 0 atom stereocenters. The van der Waals surface area contributed by atoms with Gasteiger partial charge in [0.15, 0.2) is 0 Å². The molecule has 0 aromatic rings. The Morgan fingerprint density at radius 3 is 3.22 bits per heavy atom. The van der Waals surface area contributed by atoms with Gasteiger partial charge >= 0.3 is 0 Å². The summed E-state index contributed by atoms with van der Waals surface area (Å²) in [5.74, 6) is 0.926. The van der Waals surface area contributed by atoms with Crippen molar-refractivity contribution in [3.8, 4) is 0 Å². The first-order valence-electron chi connectivity index (χ1n) is 2.98. The van der Waals surface area contributed by atoms with Crippen molar-refractivity contribution in [2.75, 3.05) is 6.79 Å². The molecule has 0 aliphatic carbocycles. The van der Waals surface area contributed by atoms with Gasteiger partial charge in [-0.05, 0) is 6.42 Å². The Balaban J connectivity index is 2.18. The van der Waals surface area contributed by atoms with Gasteiger partial charge in [0.25, 0.3) is 0 Å². The van der Waals surface area contributed by atoms with E-state index < -0.39 is 0 Å². The molecule has 0 saturated heterocycles. The Bertz CT molecular complexity index is 127. The van der Waals surface area contributed by atoms with Crippen LogP contribution >= 0.6 is 0 Å². The summed E-state index contributed by atoms with van der Waals surface area (Å²) < 4.78 is 9.88. The van der Waals surface area contributed by atoms with Gasteiger partial charge in [-0.3, -0.25) is 0 Å².